The molecule has 1 aromatic carbocycles. The molecule has 0 aliphatic carbocycles. The van der Waals surface area contributed by atoms with Crippen LogP contribution in [0.4, 0.5) is 0 Å². The Labute approximate surface area is 107 Å². The molecule has 1 aromatic rings. The third kappa shape index (κ3) is 4.24. The van der Waals surface area contributed by atoms with Crippen LogP contribution in [0.25, 0.3) is 0 Å². The molecule has 3 heteroatoms. The smallest absolute Gasteiger partial charge is 0.0615 e. The minimum absolute atomic E-state index is 0.355. The van der Waals surface area contributed by atoms with Crippen LogP contribution in [0.2, 0.25) is 0 Å². The summed E-state index contributed by atoms with van der Waals surface area (Å²) < 4.78 is 6.30. The molecule has 2 unspecified atom stereocenters. The van der Waals surface area contributed by atoms with E-state index in [0.29, 0.717) is 12.1 Å². The molecule has 1 N–H and O–H groups in total. The summed E-state index contributed by atoms with van der Waals surface area (Å²) in [5.41, 5.74) is 1.30. The number of hydrogen-bond acceptors (Lipinski definition) is 2. The van der Waals surface area contributed by atoms with Gasteiger partial charge >= 0.3 is 0 Å². The first kappa shape index (κ1) is 13.7. The lowest BCUT2D eigenvalue weighted by Crippen LogP contribution is -2.34. The molecule has 0 fully saturated rings. The second kappa shape index (κ2) is 7.05. The summed E-state index contributed by atoms with van der Waals surface area (Å²) in [5, 5.41) is 3.56. The number of rotatable bonds is 6. The Hall–Kier alpha value is -0.380. The van der Waals surface area contributed by atoms with Crippen LogP contribution in [0.5, 0.6) is 0 Å². The summed E-state index contributed by atoms with van der Waals surface area (Å²) in [6.45, 7) is 5.11. The van der Waals surface area contributed by atoms with Crippen molar-refractivity contribution in [2.45, 2.75) is 32.4 Å². The fraction of sp³-hybridized carbons (Fsp3) is 0.538. The van der Waals surface area contributed by atoms with Gasteiger partial charge in [-0.05, 0) is 31.0 Å². The fourth-order valence-electron chi connectivity index (χ4n) is 1.69. The molecular weight excluding hydrogens is 266 g/mol. The highest BCUT2D eigenvalue weighted by Crippen LogP contribution is 2.17. The first-order valence-corrected chi connectivity index (χ1v) is 6.47. The SMILES string of the molecule is CCC(COC)NC(C)c1ccc(Br)cc1. The van der Waals surface area contributed by atoms with Crippen molar-refractivity contribution in [2.24, 2.45) is 0 Å². The quantitative estimate of drug-likeness (QED) is 0.864. The standard InChI is InChI=1S/C13H20BrNO/c1-4-13(9-16-3)15-10(2)11-5-7-12(14)8-6-11/h5-8,10,13,15H,4,9H2,1-3H3. The van der Waals surface area contributed by atoms with E-state index in [-0.39, 0.29) is 0 Å². The van der Waals surface area contributed by atoms with Gasteiger partial charge in [-0.3, -0.25) is 0 Å². The zero-order valence-electron chi connectivity index (χ0n) is 10.2. The molecule has 0 bridgehead atoms. The van der Waals surface area contributed by atoms with E-state index in [1.54, 1.807) is 7.11 Å². The molecule has 16 heavy (non-hydrogen) atoms. The summed E-state index contributed by atoms with van der Waals surface area (Å²) in [4.78, 5) is 0. The average Bonchev–Trinajstić information content (AvgIpc) is 2.29. The second-order valence-corrected chi connectivity index (χ2v) is 4.92. The summed E-state index contributed by atoms with van der Waals surface area (Å²) in [6, 6.07) is 9.20. The second-order valence-electron chi connectivity index (χ2n) is 4.00. The van der Waals surface area contributed by atoms with Gasteiger partial charge in [0.2, 0.25) is 0 Å². The van der Waals surface area contributed by atoms with Crippen LogP contribution in [0, 0.1) is 0 Å². The van der Waals surface area contributed by atoms with Crippen LogP contribution < -0.4 is 5.32 Å². The largest absolute Gasteiger partial charge is 0.383 e. The normalized spacial score (nSPS) is 14.8. The monoisotopic (exact) mass is 285 g/mol. The molecule has 0 aliphatic heterocycles. The zero-order valence-corrected chi connectivity index (χ0v) is 11.8. The summed E-state index contributed by atoms with van der Waals surface area (Å²) in [7, 11) is 1.74. The lowest BCUT2D eigenvalue weighted by Gasteiger charge is -2.22. The Kier molecular flexibility index (Phi) is 6.03. The molecule has 0 aromatic heterocycles. The number of ether oxygens (including phenoxy) is 1. The predicted molar refractivity (Wildman–Crippen MR) is 71.6 cm³/mol. The predicted octanol–water partition coefficient (Wildman–Crippen LogP) is 3.52. The first-order valence-electron chi connectivity index (χ1n) is 5.67. The Balaban J connectivity index is 2.56. The summed E-state index contributed by atoms with van der Waals surface area (Å²) in [5.74, 6) is 0. The van der Waals surface area contributed by atoms with Gasteiger partial charge in [0.05, 0.1) is 6.61 Å². The number of benzene rings is 1. The van der Waals surface area contributed by atoms with Crippen molar-refractivity contribution < 1.29 is 4.74 Å². The lowest BCUT2D eigenvalue weighted by atomic mass is 10.1. The van der Waals surface area contributed by atoms with Crippen LogP contribution in [0.15, 0.2) is 28.7 Å². The van der Waals surface area contributed by atoms with Crippen molar-refractivity contribution in [1.29, 1.82) is 0 Å². The van der Waals surface area contributed by atoms with Gasteiger partial charge in [0, 0.05) is 23.7 Å². The van der Waals surface area contributed by atoms with E-state index in [0.717, 1.165) is 17.5 Å². The molecule has 90 valence electrons. The van der Waals surface area contributed by atoms with Gasteiger partial charge in [-0.25, -0.2) is 0 Å². The van der Waals surface area contributed by atoms with Crippen molar-refractivity contribution >= 4 is 15.9 Å². The molecule has 0 amide bonds. The number of hydrogen-bond donors (Lipinski definition) is 1. The molecular formula is C13H20BrNO. The molecule has 0 spiro atoms. The molecule has 2 nitrogen and oxygen atoms in total. The number of methoxy groups -OCH3 is 1. The highest BCUT2D eigenvalue weighted by atomic mass is 79.9. The average molecular weight is 286 g/mol. The van der Waals surface area contributed by atoms with Gasteiger partial charge in [-0.2, -0.15) is 0 Å². The number of halogens is 1. The van der Waals surface area contributed by atoms with Crippen LogP contribution in [0.3, 0.4) is 0 Å². The van der Waals surface area contributed by atoms with Gasteiger partial charge < -0.3 is 10.1 Å². The van der Waals surface area contributed by atoms with E-state index in [9.17, 15) is 0 Å². The Morgan fingerprint density at radius 2 is 1.94 bits per heavy atom. The summed E-state index contributed by atoms with van der Waals surface area (Å²) >= 11 is 3.44. The van der Waals surface area contributed by atoms with Crippen LogP contribution >= 0.6 is 15.9 Å². The maximum absolute atomic E-state index is 5.18. The van der Waals surface area contributed by atoms with E-state index >= 15 is 0 Å². The van der Waals surface area contributed by atoms with E-state index in [1.165, 1.54) is 5.56 Å². The molecule has 0 heterocycles. The molecule has 0 saturated heterocycles. The van der Waals surface area contributed by atoms with Gasteiger partial charge in [0.1, 0.15) is 0 Å². The van der Waals surface area contributed by atoms with Gasteiger partial charge in [-0.15, -0.1) is 0 Å². The van der Waals surface area contributed by atoms with Crippen molar-refractivity contribution in [1.82, 2.24) is 5.32 Å². The molecule has 1 rings (SSSR count). The van der Waals surface area contributed by atoms with Crippen molar-refractivity contribution in [3.05, 3.63) is 34.3 Å². The molecule has 0 aliphatic rings. The summed E-state index contributed by atoms with van der Waals surface area (Å²) in [6.07, 6.45) is 1.08. The Morgan fingerprint density at radius 1 is 1.31 bits per heavy atom. The van der Waals surface area contributed by atoms with Crippen LogP contribution in [0.1, 0.15) is 31.9 Å². The lowest BCUT2D eigenvalue weighted by molar-refractivity contribution is 0.159. The molecule has 0 radical (unpaired) electrons. The Morgan fingerprint density at radius 3 is 2.44 bits per heavy atom. The van der Waals surface area contributed by atoms with E-state index < -0.39 is 0 Å². The van der Waals surface area contributed by atoms with Gasteiger partial charge in [0.15, 0.2) is 0 Å². The van der Waals surface area contributed by atoms with E-state index in [2.05, 4.69) is 59.4 Å². The van der Waals surface area contributed by atoms with Gasteiger partial charge in [0.25, 0.3) is 0 Å². The minimum Gasteiger partial charge on any atom is -0.383 e. The van der Waals surface area contributed by atoms with Crippen molar-refractivity contribution in [3.63, 3.8) is 0 Å². The number of nitrogens with one attached hydrogen (secondary N) is 1. The molecule has 0 saturated carbocycles. The molecule has 2 atom stereocenters. The maximum Gasteiger partial charge on any atom is 0.0615 e. The zero-order chi connectivity index (χ0) is 12.0. The van der Waals surface area contributed by atoms with Crippen molar-refractivity contribution in [2.75, 3.05) is 13.7 Å². The Bertz CT molecular complexity index is 299. The van der Waals surface area contributed by atoms with E-state index in [4.69, 9.17) is 4.74 Å². The maximum atomic E-state index is 5.18. The van der Waals surface area contributed by atoms with E-state index in [1.807, 2.05) is 0 Å². The highest BCUT2D eigenvalue weighted by molar-refractivity contribution is 9.10. The third-order valence-electron chi connectivity index (χ3n) is 2.72. The van der Waals surface area contributed by atoms with Crippen LogP contribution in [-0.2, 0) is 4.74 Å². The first-order chi connectivity index (χ1) is 7.67. The minimum atomic E-state index is 0.355. The topological polar surface area (TPSA) is 21.3 Å². The highest BCUT2D eigenvalue weighted by Gasteiger charge is 2.11. The van der Waals surface area contributed by atoms with Crippen molar-refractivity contribution in [3.8, 4) is 0 Å². The third-order valence-corrected chi connectivity index (χ3v) is 3.25. The van der Waals surface area contributed by atoms with Crippen LogP contribution in [-0.4, -0.2) is 19.8 Å². The van der Waals surface area contributed by atoms with Gasteiger partial charge in [-0.1, -0.05) is 35.0 Å². The fourth-order valence-corrected chi connectivity index (χ4v) is 1.95.